The van der Waals surface area contributed by atoms with Crippen molar-refractivity contribution in [3.8, 4) is 0 Å². The Kier molecular flexibility index (Phi) is 7.55. The topological polar surface area (TPSA) is 61.4 Å². The molecule has 31 heavy (non-hydrogen) atoms. The fraction of sp³-hybridized carbons (Fsp3) is 0.125. The molecule has 0 aromatic heterocycles. The SMILES string of the molecule is CCN(C(=O)c1ccccc1NC(=S)NC(=O)c1ccc(C)c(Br)c1)c1ccccc1. The van der Waals surface area contributed by atoms with Gasteiger partial charge in [-0.2, -0.15) is 0 Å². The first-order chi connectivity index (χ1) is 14.9. The van der Waals surface area contributed by atoms with Crippen molar-refractivity contribution < 1.29 is 9.59 Å². The molecule has 0 saturated carbocycles. The molecule has 3 aromatic rings. The van der Waals surface area contributed by atoms with Gasteiger partial charge in [0.1, 0.15) is 0 Å². The van der Waals surface area contributed by atoms with Gasteiger partial charge in [-0.05, 0) is 68.0 Å². The molecule has 0 fully saturated rings. The molecule has 0 radical (unpaired) electrons. The second kappa shape index (κ2) is 10.3. The number of anilines is 2. The molecule has 0 aliphatic carbocycles. The van der Waals surface area contributed by atoms with Gasteiger partial charge in [0.25, 0.3) is 11.8 Å². The maximum absolute atomic E-state index is 13.2. The van der Waals surface area contributed by atoms with Crippen LogP contribution in [0.4, 0.5) is 11.4 Å². The van der Waals surface area contributed by atoms with Crippen LogP contribution in [0.25, 0.3) is 0 Å². The highest BCUT2D eigenvalue weighted by molar-refractivity contribution is 9.10. The van der Waals surface area contributed by atoms with E-state index >= 15 is 0 Å². The second-order valence-corrected chi connectivity index (χ2v) is 8.07. The molecule has 3 aromatic carbocycles. The van der Waals surface area contributed by atoms with Crippen LogP contribution in [0.1, 0.15) is 33.2 Å². The quantitative estimate of drug-likeness (QED) is 0.455. The number of halogens is 1. The average Bonchev–Trinajstić information content (AvgIpc) is 2.77. The summed E-state index contributed by atoms with van der Waals surface area (Å²) in [7, 11) is 0. The molecule has 0 aliphatic heterocycles. The van der Waals surface area contributed by atoms with Gasteiger partial charge >= 0.3 is 0 Å². The minimum atomic E-state index is -0.332. The van der Waals surface area contributed by atoms with Gasteiger partial charge in [0.2, 0.25) is 0 Å². The average molecular weight is 496 g/mol. The van der Waals surface area contributed by atoms with Crippen molar-refractivity contribution in [3.63, 3.8) is 0 Å². The second-order valence-electron chi connectivity index (χ2n) is 6.80. The molecule has 0 saturated heterocycles. The normalized spacial score (nSPS) is 10.3. The number of nitrogens with one attached hydrogen (secondary N) is 2. The molecular weight excluding hydrogens is 474 g/mol. The third-order valence-corrected chi connectivity index (χ3v) is 5.75. The van der Waals surface area contributed by atoms with Crippen molar-refractivity contribution in [2.24, 2.45) is 0 Å². The maximum atomic E-state index is 13.2. The van der Waals surface area contributed by atoms with E-state index in [1.165, 1.54) is 0 Å². The summed E-state index contributed by atoms with van der Waals surface area (Å²) in [5.74, 6) is -0.491. The standard InChI is InChI=1S/C24H22BrN3O2S/c1-3-28(18-9-5-4-6-10-18)23(30)19-11-7-8-12-21(19)26-24(31)27-22(29)17-14-13-16(2)20(25)15-17/h4-15H,3H2,1-2H3,(H2,26,27,29,31). The number of carbonyl (C=O) groups is 2. The molecule has 5 nitrogen and oxygen atoms in total. The summed E-state index contributed by atoms with van der Waals surface area (Å²) in [6.07, 6.45) is 0. The Hall–Kier alpha value is -3.03. The van der Waals surface area contributed by atoms with E-state index in [9.17, 15) is 9.59 Å². The molecule has 0 atom stereocenters. The molecule has 0 spiro atoms. The van der Waals surface area contributed by atoms with Gasteiger partial charge in [-0.15, -0.1) is 0 Å². The minimum absolute atomic E-state index is 0.115. The number of amides is 2. The van der Waals surface area contributed by atoms with E-state index in [-0.39, 0.29) is 16.9 Å². The van der Waals surface area contributed by atoms with Gasteiger partial charge < -0.3 is 10.2 Å². The van der Waals surface area contributed by atoms with E-state index in [0.717, 1.165) is 15.7 Å². The molecule has 0 heterocycles. The summed E-state index contributed by atoms with van der Waals surface area (Å²) in [5.41, 5.74) is 3.31. The lowest BCUT2D eigenvalue weighted by molar-refractivity contribution is 0.0974. The lowest BCUT2D eigenvalue weighted by atomic mass is 10.1. The van der Waals surface area contributed by atoms with Crippen LogP contribution in [-0.2, 0) is 0 Å². The van der Waals surface area contributed by atoms with E-state index < -0.39 is 0 Å². The zero-order valence-corrected chi connectivity index (χ0v) is 19.6. The first-order valence-electron chi connectivity index (χ1n) is 9.75. The Labute approximate surface area is 195 Å². The van der Waals surface area contributed by atoms with Crippen molar-refractivity contribution in [2.75, 3.05) is 16.8 Å². The highest BCUT2D eigenvalue weighted by Crippen LogP contribution is 2.22. The Morgan fingerprint density at radius 3 is 2.35 bits per heavy atom. The highest BCUT2D eigenvalue weighted by Gasteiger charge is 2.20. The molecule has 0 bridgehead atoms. The highest BCUT2D eigenvalue weighted by atomic mass is 79.9. The first-order valence-corrected chi connectivity index (χ1v) is 10.9. The van der Waals surface area contributed by atoms with Gasteiger partial charge in [-0.1, -0.05) is 52.3 Å². The molecular formula is C24H22BrN3O2S. The largest absolute Gasteiger partial charge is 0.332 e. The van der Waals surface area contributed by atoms with Crippen LogP contribution < -0.4 is 15.5 Å². The fourth-order valence-electron chi connectivity index (χ4n) is 3.04. The van der Waals surface area contributed by atoms with Crippen LogP contribution in [0.3, 0.4) is 0 Å². The third kappa shape index (κ3) is 5.57. The molecule has 3 rings (SSSR count). The Morgan fingerprint density at radius 2 is 1.68 bits per heavy atom. The van der Waals surface area contributed by atoms with Crippen molar-refractivity contribution in [2.45, 2.75) is 13.8 Å². The molecule has 7 heteroatoms. The number of benzene rings is 3. The fourth-order valence-corrected chi connectivity index (χ4v) is 3.62. The van der Waals surface area contributed by atoms with Crippen LogP contribution in [0, 0.1) is 6.92 Å². The summed E-state index contributed by atoms with van der Waals surface area (Å²) >= 11 is 8.75. The van der Waals surface area contributed by atoms with Gasteiger partial charge in [0.05, 0.1) is 11.3 Å². The van der Waals surface area contributed by atoms with Crippen LogP contribution in [0.5, 0.6) is 0 Å². The Morgan fingerprint density at radius 1 is 1.00 bits per heavy atom. The number of hydrogen-bond donors (Lipinski definition) is 2. The first kappa shape index (κ1) is 22.7. The summed E-state index contributed by atoms with van der Waals surface area (Å²) in [6, 6.07) is 21.9. The zero-order valence-electron chi connectivity index (χ0n) is 17.2. The van der Waals surface area contributed by atoms with Crippen LogP contribution >= 0.6 is 28.1 Å². The van der Waals surface area contributed by atoms with Crippen molar-refractivity contribution in [1.82, 2.24) is 5.32 Å². The number of nitrogens with zero attached hydrogens (tertiary/aromatic N) is 1. The Balaban J connectivity index is 1.76. The van der Waals surface area contributed by atoms with Crippen molar-refractivity contribution in [3.05, 3.63) is 94.0 Å². The van der Waals surface area contributed by atoms with Crippen molar-refractivity contribution in [1.29, 1.82) is 0 Å². The third-order valence-electron chi connectivity index (χ3n) is 4.70. The lowest BCUT2D eigenvalue weighted by Crippen LogP contribution is -2.35. The zero-order chi connectivity index (χ0) is 22.4. The summed E-state index contributed by atoms with van der Waals surface area (Å²) in [4.78, 5) is 27.5. The molecule has 0 aliphatic rings. The summed E-state index contributed by atoms with van der Waals surface area (Å²) in [5, 5.41) is 5.77. The van der Waals surface area contributed by atoms with Crippen molar-refractivity contribution >= 4 is 56.4 Å². The van der Waals surface area contributed by atoms with E-state index in [1.807, 2.05) is 50.2 Å². The van der Waals surface area contributed by atoms with E-state index in [2.05, 4.69) is 26.6 Å². The maximum Gasteiger partial charge on any atom is 0.260 e. The monoisotopic (exact) mass is 495 g/mol. The van der Waals surface area contributed by atoms with Gasteiger partial charge in [-0.3, -0.25) is 14.9 Å². The molecule has 2 N–H and O–H groups in total. The van der Waals surface area contributed by atoms with Crippen LogP contribution in [0.2, 0.25) is 0 Å². The lowest BCUT2D eigenvalue weighted by Gasteiger charge is -2.23. The number of aryl methyl sites for hydroxylation is 1. The smallest absolute Gasteiger partial charge is 0.260 e. The van der Waals surface area contributed by atoms with Gasteiger partial charge in [0, 0.05) is 22.3 Å². The number of rotatable bonds is 5. The van der Waals surface area contributed by atoms with Gasteiger partial charge in [0.15, 0.2) is 5.11 Å². The van der Waals surface area contributed by atoms with Gasteiger partial charge in [-0.25, -0.2) is 0 Å². The molecule has 2 amide bonds. The molecule has 158 valence electrons. The number of carbonyl (C=O) groups excluding carboxylic acids is 2. The van der Waals surface area contributed by atoms with E-state index in [0.29, 0.717) is 23.4 Å². The van der Waals surface area contributed by atoms with Crippen LogP contribution in [0.15, 0.2) is 77.3 Å². The summed E-state index contributed by atoms with van der Waals surface area (Å²) < 4.78 is 0.843. The van der Waals surface area contributed by atoms with E-state index in [1.54, 1.807) is 41.3 Å². The predicted octanol–water partition coefficient (Wildman–Crippen LogP) is 5.55. The predicted molar refractivity (Wildman–Crippen MR) is 133 cm³/mol. The summed E-state index contributed by atoms with van der Waals surface area (Å²) in [6.45, 7) is 4.38. The number of hydrogen-bond acceptors (Lipinski definition) is 3. The minimum Gasteiger partial charge on any atom is -0.332 e. The van der Waals surface area contributed by atoms with E-state index in [4.69, 9.17) is 12.2 Å². The number of para-hydroxylation sites is 2. The molecule has 0 unspecified atom stereocenters. The Bertz CT molecular complexity index is 1120. The van der Waals surface area contributed by atoms with Crippen LogP contribution in [-0.4, -0.2) is 23.5 Å². The number of thiocarbonyl (C=S) groups is 1.